The zero-order valence-corrected chi connectivity index (χ0v) is 25.4. The highest BCUT2D eigenvalue weighted by Crippen LogP contribution is 2.29. The lowest BCUT2D eigenvalue weighted by atomic mass is 9.99. The number of nitrogens with one attached hydrogen (secondary N) is 1. The molecule has 1 atom stereocenters. The molecule has 41 heavy (non-hydrogen) atoms. The average molecular weight is 580 g/mol. The number of halogens is 1. The Balaban J connectivity index is 1.35. The molecule has 9 heteroatoms. The summed E-state index contributed by atoms with van der Waals surface area (Å²) in [4.78, 5) is 26.2. The minimum Gasteiger partial charge on any atom is -0.491 e. The number of amides is 1. The Hall–Kier alpha value is -3.20. The van der Waals surface area contributed by atoms with Crippen LogP contribution in [0.3, 0.4) is 0 Å². The number of pyridine rings is 2. The average Bonchev–Trinajstić information content (AvgIpc) is 2.97. The minimum absolute atomic E-state index is 0.164. The van der Waals surface area contributed by atoms with Gasteiger partial charge in [0.05, 0.1) is 12.2 Å². The van der Waals surface area contributed by atoms with Gasteiger partial charge in [-0.1, -0.05) is 11.6 Å². The van der Waals surface area contributed by atoms with Gasteiger partial charge in [0.15, 0.2) is 0 Å². The molecular formula is C32H42ClN5O3. The molecule has 3 aromatic rings. The Morgan fingerprint density at radius 1 is 1.10 bits per heavy atom. The number of rotatable bonds is 13. The topological polar surface area (TPSA) is 79.8 Å². The first kappa shape index (κ1) is 30.8. The summed E-state index contributed by atoms with van der Waals surface area (Å²) in [5, 5.41) is 3.28. The monoisotopic (exact) mass is 579 g/mol. The number of hydrogen-bond acceptors (Lipinski definition) is 7. The number of aryl methyl sites for hydroxylation is 2. The highest BCUT2D eigenvalue weighted by atomic mass is 35.5. The molecule has 1 aliphatic rings. The van der Waals surface area contributed by atoms with Gasteiger partial charge in [-0.15, -0.1) is 0 Å². The third-order valence-corrected chi connectivity index (χ3v) is 8.25. The second-order valence-electron chi connectivity index (χ2n) is 10.7. The Labute approximate surface area is 249 Å². The van der Waals surface area contributed by atoms with Crippen LogP contribution in [0.2, 0.25) is 5.15 Å². The van der Waals surface area contributed by atoms with Crippen molar-refractivity contribution in [1.82, 2.24) is 20.2 Å². The fourth-order valence-corrected chi connectivity index (χ4v) is 5.65. The van der Waals surface area contributed by atoms with Crippen LogP contribution in [-0.2, 0) is 11.3 Å². The van der Waals surface area contributed by atoms with Crippen LogP contribution < -0.4 is 15.0 Å². The van der Waals surface area contributed by atoms with Crippen LogP contribution in [0, 0.1) is 13.8 Å². The summed E-state index contributed by atoms with van der Waals surface area (Å²) in [6, 6.07) is 13.0. The smallest absolute Gasteiger partial charge is 0.254 e. The van der Waals surface area contributed by atoms with Crippen LogP contribution in [0.5, 0.6) is 5.75 Å². The van der Waals surface area contributed by atoms with Gasteiger partial charge < -0.3 is 24.6 Å². The SMILES string of the molecule is COCCOc1ccc(N(Cc2cnccc2C)C2CCN(C(C)CCNC(=O)c3c(C)ccnc3Cl)CC2)cc1. The van der Waals surface area contributed by atoms with E-state index in [2.05, 4.69) is 57.1 Å². The standard InChI is InChI=1S/C32H42ClN5O3/c1-23-9-14-34-21-26(23)22-38(27-5-7-29(8-6-27)41-20-19-40-4)28-12-17-37(18-13-28)25(3)11-16-36-32(39)30-24(2)10-15-35-31(30)33/h5-10,14-15,21,25,28H,11-13,16-20,22H2,1-4H3,(H,36,39). The van der Waals surface area contributed by atoms with E-state index in [4.69, 9.17) is 21.1 Å². The van der Waals surface area contributed by atoms with Crippen LogP contribution in [0.15, 0.2) is 55.0 Å². The molecule has 0 spiro atoms. The summed E-state index contributed by atoms with van der Waals surface area (Å²) >= 11 is 6.17. The van der Waals surface area contributed by atoms with Crippen molar-refractivity contribution >= 4 is 23.2 Å². The number of ether oxygens (including phenoxy) is 2. The van der Waals surface area contributed by atoms with Gasteiger partial charge in [-0.3, -0.25) is 9.78 Å². The molecule has 220 valence electrons. The quantitative estimate of drug-likeness (QED) is 0.213. The van der Waals surface area contributed by atoms with E-state index in [9.17, 15) is 4.79 Å². The fraction of sp³-hybridized carbons (Fsp3) is 0.469. The molecule has 2 aromatic heterocycles. The third-order valence-electron chi connectivity index (χ3n) is 7.96. The van der Waals surface area contributed by atoms with Crippen molar-refractivity contribution in [1.29, 1.82) is 0 Å². The number of piperidine rings is 1. The van der Waals surface area contributed by atoms with Crippen molar-refractivity contribution in [3.05, 3.63) is 82.4 Å². The maximum Gasteiger partial charge on any atom is 0.254 e. The lowest BCUT2D eigenvalue weighted by Gasteiger charge is -2.42. The number of aromatic nitrogens is 2. The number of hydrogen-bond donors (Lipinski definition) is 1. The molecule has 0 bridgehead atoms. The van der Waals surface area contributed by atoms with Crippen LogP contribution in [0.4, 0.5) is 5.69 Å². The lowest BCUT2D eigenvalue weighted by Crippen LogP contribution is -2.48. The van der Waals surface area contributed by atoms with Crippen molar-refractivity contribution in [2.75, 3.05) is 44.9 Å². The highest BCUT2D eigenvalue weighted by Gasteiger charge is 2.28. The van der Waals surface area contributed by atoms with Gasteiger partial charge in [0.1, 0.15) is 17.5 Å². The molecule has 1 aliphatic heterocycles. The molecule has 1 saturated heterocycles. The van der Waals surface area contributed by atoms with Crippen LogP contribution in [0.1, 0.15) is 53.2 Å². The lowest BCUT2D eigenvalue weighted by molar-refractivity contribution is 0.0944. The Morgan fingerprint density at radius 3 is 2.51 bits per heavy atom. The molecular weight excluding hydrogens is 538 g/mol. The van der Waals surface area contributed by atoms with E-state index in [1.807, 2.05) is 31.5 Å². The van der Waals surface area contributed by atoms with Gasteiger partial charge in [0.2, 0.25) is 0 Å². The summed E-state index contributed by atoms with van der Waals surface area (Å²) in [7, 11) is 1.68. The Bertz CT molecular complexity index is 1240. The second-order valence-corrected chi connectivity index (χ2v) is 11.1. The molecule has 0 aliphatic carbocycles. The summed E-state index contributed by atoms with van der Waals surface area (Å²) in [6.07, 6.45) is 8.45. The van der Waals surface area contributed by atoms with E-state index in [0.29, 0.717) is 37.4 Å². The normalized spacial score (nSPS) is 15.0. The first-order valence-corrected chi connectivity index (χ1v) is 14.8. The Morgan fingerprint density at radius 2 is 1.83 bits per heavy atom. The summed E-state index contributed by atoms with van der Waals surface area (Å²) < 4.78 is 10.9. The van der Waals surface area contributed by atoms with Crippen molar-refractivity contribution in [2.24, 2.45) is 0 Å². The second kappa shape index (κ2) is 15.1. The largest absolute Gasteiger partial charge is 0.491 e. The molecule has 1 amide bonds. The van der Waals surface area contributed by atoms with Crippen molar-refractivity contribution in [2.45, 2.75) is 58.7 Å². The number of methoxy groups -OCH3 is 1. The molecule has 1 unspecified atom stereocenters. The number of carbonyl (C=O) groups is 1. The maximum atomic E-state index is 12.7. The van der Waals surface area contributed by atoms with E-state index >= 15 is 0 Å². The molecule has 1 aromatic carbocycles. The minimum atomic E-state index is -0.164. The predicted molar refractivity (Wildman–Crippen MR) is 164 cm³/mol. The molecule has 0 saturated carbocycles. The predicted octanol–water partition coefficient (Wildman–Crippen LogP) is 5.45. The highest BCUT2D eigenvalue weighted by molar-refractivity contribution is 6.32. The molecule has 1 N–H and O–H groups in total. The fourth-order valence-electron chi connectivity index (χ4n) is 5.36. The molecule has 3 heterocycles. The van der Waals surface area contributed by atoms with Crippen LogP contribution in [0.25, 0.3) is 0 Å². The Kier molecular flexibility index (Phi) is 11.4. The molecule has 8 nitrogen and oxygen atoms in total. The number of benzene rings is 1. The van der Waals surface area contributed by atoms with E-state index in [1.54, 1.807) is 19.4 Å². The van der Waals surface area contributed by atoms with E-state index in [1.165, 1.54) is 16.8 Å². The number of likely N-dealkylation sites (tertiary alicyclic amines) is 1. The first-order chi connectivity index (χ1) is 19.9. The van der Waals surface area contributed by atoms with E-state index < -0.39 is 0 Å². The molecule has 4 rings (SSSR count). The van der Waals surface area contributed by atoms with Crippen LogP contribution >= 0.6 is 11.6 Å². The third kappa shape index (κ3) is 8.41. The van der Waals surface area contributed by atoms with E-state index in [-0.39, 0.29) is 11.1 Å². The number of carbonyl (C=O) groups excluding carboxylic acids is 1. The van der Waals surface area contributed by atoms with Gasteiger partial charge in [-0.25, -0.2) is 4.98 Å². The summed E-state index contributed by atoms with van der Waals surface area (Å²) in [6.45, 7) is 10.8. The zero-order chi connectivity index (χ0) is 29.2. The van der Waals surface area contributed by atoms with E-state index in [0.717, 1.165) is 50.2 Å². The summed E-state index contributed by atoms with van der Waals surface area (Å²) in [5.41, 5.74) is 4.97. The van der Waals surface area contributed by atoms with Crippen molar-refractivity contribution < 1.29 is 14.3 Å². The van der Waals surface area contributed by atoms with Gasteiger partial charge in [-0.2, -0.15) is 0 Å². The zero-order valence-electron chi connectivity index (χ0n) is 24.6. The summed E-state index contributed by atoms with van der Waals surface area (Å²) in [5.74, 6) is 0.683. The van der Waals surface area contributed by atoms with Crippen molar-refractivity contribution in [3.8, 4) is 5.75 Å². The van der Waals surface area contributed by atoms with Crippen LogP contribution in [-0.4, -0.2) is 72.8 Å². The number of nitrogens with zero attached hydrogens (tertiary/aromatic N) is 4. The van der Waals surface area contributed by atoms with Gasteiger partial charge in [-0.05, 0) is 93.1 Å². The maximum absolute atomic E-state index is 12.7. The molecule has 0 radical (unpaired) electrons. The number of anilines is 1. The first-order valence-electron chi connectivity index (χ1n) is 14.4. The molecule has 1 fully saturated rings. The van der Waals surface area contributed by atoms with Gasteiger partial charge in [0, 0.05) is 69.7 Å². The van der Waals surface area contributed by atoms with Crippen molar-refractivity contribution in [3.63, 3.8) is 0 Å². The van der Waals surface area contributed by atoms with Gasteiger partial charge in [0.25, 0.3) is 5.91 Å². The van der Waals surface area contributed by atoms with Gasteiger partial charge >= 0.3 is 0 Å².